The second kappa shape index (κ2) is 7.33. The van der Waals surface area contributed by atoms with E-state index >= 15 is 0 Å². The molecule has 0 saturated heterocycles. The van der Waals surface area contributed by atoms with E-state index in [1.807, 2.05) is 24.3 Å². The Morgan fingerprint density at radius 2 is 2.10 bits per heavy atom. The van der Waals surface area contributed by atoms with E-state index in [1.165, 1.54) is 18.0 Å². The third-order valence-corrected chi connectivity index (χ3v) is 3.98. The van der Waals surface area contributed by atoms with E-state index < -0.39 is 5.97 Å². The smallest absolute Gasteiger partial charge is 0.340 e. The lowest BCUT2D eigenvalue weighted by molar-refractivity contribution is 0.0521. The Morgan fingerprint density at radius 1 is 1.38 bits per heavy atom. The molecule has 4 nitrogen and oxygen atoms in total. The fourth-order valence-electron chi connectivity index (χ4n) is 1.67. The number of ether oxygens (including phenoxy) is 1. The average Bonchev–Trinajstić information content (AvgIpc) is 2.48. The highest BCUT2D eigenvalue weighted by molar-refractivity contribution is 7.98. The molecule has 2 aromatic rings. The van der Waals surface area contributed by atoms with Gasteiger partial charge in [0.15, 0.2) is 0 Å². The van der Waals surface area contributed by atoms with Gasteiger partial charge in [-0.25, -0.2) is 9.78 Å². The van der Waals surface area contributed by atoms with Crippen LogP contribution in [0.5, 0.6) is 0 Å². The third-order valence-electron chi connectivity index (χ3n) is 2.66. The molecule has 0 aliphatic heterocycles. The molecule has 6 heteroatoms. The summed E-state index contributed by atoms with van der Waals surface area (Å²) in [4.78, 5) is 16.2. The summed E-state index contributed by atoms with van der Waals surface area (Å²) in [5, 5.41) is 1.30. The molecule has 1 aromatic carbocycles. The summed E-state index contributed by atoms with van der Waals surface area (Å²) >= 11 is 7.31. The lowest BCUT2D eigenvalue weighted by Crippen LogP contribution is -2.08. The van der Waals surface area contributed by atoms with Crippen molar-refractivity contribution in [2.75, 3.05) is 12.3 Å². The maximum atomic E-state index is 11.9. The van der Waals surface area contributed by atoms with Crippen molar-refractivity contribution in [2.45, 2.75) is 17.7 Å². The number of nitrogens with zero attached hydrogens (tertiary/aromatic N) is 1. The van der Waals surface area contributed by atoms with Crippen molar-refractivity contribution in [2.24, 2.45) is 0 Å². The monoisotopic (exact) mass is 322 g/mol. The van der Waals surface area contributed by atoms with Crippen molar-refractivity contribution in [3.05, 3.63) is 52.7 Å². The summed E-state index contributed by atoms with van der Waals surface area (Å²) in [5.41, 5.74) is 7.62. The molecule has 0 aliphatic rings. The molecule has 0 saturated carbocycles. The van der Waals surface area contributed by atoms with E-state index in [1.54, 1.807) is 13.0 Å². The van der Waals surface area contributed by atoms with Crippen LogP contribution in [0.3, 0.4) is 0 Å². The van der Waals surface area contributed by atoms with Crippen molar-refractivity contribution in [1.82, 2.24) is 4.98 Å². The molecule has 1 heterocycles. The van der Waals surface area contributed by atoms with Gasteiger partial charge in [-0.15, -0.1) is 11.8 Å². The number of hydrogen-bond acceptors (Lipinski definition) is 5. The van der Waals surface area contributed by atoms with Crippen LogP contribution in [0.2, 0.25) is 5.02 Å². The summed E-state index contributed by atoms with van der Waals surface area (Å²) < 4.78 is 5.03. The van der Waals surface area contributed by atoms with Gasteiger partial charge in [-0.2, -0.15) is 0 Å². The number of halogens is 1. The molecule has 0 radical (unpaired) electrons. The zero-order chi connectivity index (χ0) is 15.2. The first-order chi connectivity index (χ1) is 10.1. The van der Waals surface area contributed by atoms with Crippen molar-refractivity contribution in [3.63, 3.8) is 0 Å². The van der Waals surface area contributed by atoms with E-state index in [-0.39, 0.29) is 0 Å². The average molecular weight is 323 g/mol. The van der Waals surface area contributed by atoms with E-state index in [0.29, 0.717) is 33.7 Å². The normalized spacial score (nSPS) is 10.4. The number of thioether (sulfide) groups is 1. The lowest BCUT2D eigenvalue weighted by Gasteiger charge is -2.08. The van der Waals surface area contributed by atoms with Gasteiger partial charge in [-0.05, 0) is 30.7 Å². The largest absolute Gasteiger partial charge is 0.462 e. The van der Waals surface area contributed by atoms with Crippen LogP contribution in [-0.4, -0.2) is 17.6 Å². The molecular formula is C15H15ClN2O2S. The van der Waals surface area contributed by atoms with Gasteiger partial charge in [0.05, 0.1) is 24.1 Å². The molecule has 0 atom stereocenters. The molecule has 0 spiro atoms. The number of nitrogen functional groups attached to an aromatic ring is 1. The molecule has 0 aliphatic carbocycles. The first-order valence-electron chi connectivity index (χ1n) is 6.40. The lowest BCUT2D eigenvalue weighted by atomic mass is 10.2. The number of benzene rings is 1. The minimum absolute atomic E-state index is 0.314. The van der Waals surface area contributed by atoms with Gasteiger partial charge in [0.25, 0.3) is 0 Å². The number of aromatic nitrogens is 1. The van der Waals surface area contributed by atoms with Crippen molar-refractivity contribution >= 4 is 35.0 Å². The van der Waals surface area contributed by atoms with Gasteiger partial charge >= 0.3 is 5.97 Å². The van der Waals surface area contributed by atoms with Crippen LogP contribution in [0.15, 0.2) is 41.6 Å². The number of hydrogen-bond donors (Lipinski definition) is 1. The van der Waals surface area contributed by atoms with Crippen LogP contribution in [0.4, 0.5) is 5.69 Å². The maximum Gasteiger partial charge on any atom is 0.340 e. The van der Waals surface area contributed by atoms with Crippen LogP contribution in [0.25, 0.3) is 0 Å². The Bertz CT molecular complexity index is 632. The summed E-state index contributed by atoms with van der Waals surface area (Å²) in [6, 6.07) is 9.14. The Kier molecular flexibility index (Phi) is 5.47. The first kappa shape index (κ1) is 15.7. The summed E-state index contributed by atoms with van der Waals surface area (Å²) in [7, 11) is 0. The van der Waals surface area contributed by atoms with Gasteiger partial charge in [-0.1, -0.05) is 23.7 Å². The number of pyridine rings is 1. The van der Waals surface area contributed by atoms with Crippen LogP contribution >= 0.6 is 23.4 Å². The Hall–Kier alpha value is -1.72. The summed E-state index contributed by atoms with van der Waals surface area (Å²) in [6.45, 7) is 2.08. The van der Waals surface area contributed by atoms with Crippen molar-refractivity contribution < 1.29 is 9.53 Å². The van der Waals surface area contributed by atoms with Gasteiger partial charge in [-0.3, -0.25) is 0 Å². The maximum absolute atomic E-state index is 11.9. The third kappa shape index (κ3) is 4.37. The SMILES string of the molecule is CCOC(=O)c1cc(N)cnc1SCc1ccc(Cl)cc1. The molecule has 2 rings (SSSR count). The predicted molar refractivity (Wildman–Crippen MR) is 85.6 cm³/mol. The molecule has 0 unspecified atom stereocenters. The van der Waals surface area contributed by atoms with Gasteiger partial charge in [0.2, 0.25) is 0 Å². The molecular weight excluding hydrogens is 308 g/mol. The molecule has 1 aromatic heterocycles. The number of anilines is 1. The van der Waals surface area contributed by atoms with Crippen LogP contribution in [0, 0.1) is 0 Å². The molecule has 21 heavy (non-hydrogen) atoms. The van der Waals surface area contributed by atoms with Crippen molar-refractivity contribution in [1.29, 1.82) is 0 Å². The van der Waals surface area contributed by atoms with E-state index in [9.17, 15) is 4.79 Å². The van der Waals surface area contributed by atoms with Crippen LogP contribution in [-0.2, 0) is 10.5 Å². The predicted octanol–water partition coefficient (Wildman–Crippen LogP) is 3.79. The molecule has 110 valence electrons. The second-order valence-electron chi connectivity index (χ2n) is 4.26. The van der Waals surface area contributed by atoms with E-state index in [0.717, 1.165) is 5.56 Å². The Morgan fingerprint density at radius 3 is 2.76 bits per heavy atom. The number of nitrogens with two attached hydrogens (primary N) is 1. The van der Waals surface area contributed by atoms with Gasteiger partial charge < -0.3 is 10.5 Å². The zero-order valence-corrected chi connectivity index (χ0v) is 13.1. The van der Waals surface area contributed by atoms with Crippen molar-refractivity contribution in [3.8, 4) is 0 Å². The number of carbonyl (C=O) groups excluding carboxylic acids is 1. The van der Waals surface area contributed by atoms with Crippen LogP contribution in [0.1, 0.15) is 22.8 Å². The van der Waals surface area contributed by atoms with Gasteiger partial charge in [0, 0.05) is 10.8 Å². The Labute approximate surface area is 132 Å². The summed E-state index contributed by atoms with van der Waals surface area (Å²) in [5.74, 6) is 0.274. The molecule has 0 amide bonds. The highest BCUT2D eigenvalue weighted by atomic mass is 35.5. The number of rotatable bonds is 5. The topological polar surface area (TPSA) is 65.2 Å². The minimum Gasteiger partial charge on any atom is -0.462 e. The molecule has 0 fully saturated rings. The van der Waals surface area contributed by atoms with Crippen LogP contribution < -0.4 is 5.73 Å². The fraction of sp³-hybridized carbons (Fsp3) is 0.200. The number of carbonyl (C=O) groups is 1. The summed E-state index contributed by atoms with van der Waals surface area (Å²) in [6.07, 6.45) is 1.53. The quantitative estimate of drug-likeness (QED) is 0.670. The fourth-order valence-corrected chi connectivity index (χ4v) is 2.72. The zero-order valence-electron chi connectivity index (χ0n) is 11.5. The van der Waals surface area contributed by atoms with E-state index in [2.05, 4.69) is 4.98 Å². The van der Waals surface area contributed by atoms with E-state index in [4.69, 9.17) is 22.1 Å². The first-order valence-corrected chi connectivity index (χ1v) is 7.76. The standard InChI is InChI=1S/C15H15ClN2O2S/c1-2-20-15(19)13-7-12(17)8-18-14(13)21-9-10-3-5-11(16)6-4-10/h3-8H,2,9,17H2,1H3. The molecule has 0 bridgehead atoms. The molecule has 2 N–H and O–H groups in total. The number of esters is 1. The Balaban J connectivity index is 2.15. The minimum atomic E-state index is -0.407. The highest BCUT2D eigenvalue weighted by Gasteiger charge is 2.15. The van der Waals surface area contributed by atoms with Gasteiger partial charge in [0.1, 0.15) is 5.03 Å². The highest BCUT2D eigenvalue weighted by Crippen LogP contribution is 2.26. The second-order valence-corrected chi connectivity index (χ2v) is 5.66.